The summed E-state index contributed by atoms with van der Waals surface area (Å²) in [5, 5.41) is 2.47. The highest BCUT2D eigenvalue weighted by Gasteiger charge is 2.29. The third-order valence-corrected chi connectivity index (χ3v) is 4.70. The number of ketones is 1. The second-order valence-corrected chi connectivity index (χ2v) is 6.85. The molecule has 6 nitrogen and oxygen atoms in total. The van der Waals surface area contributed by atoms with Gasteiger partial charge in [-0.05, 0) is 43.3 Å². The van der Waals surface area contributed by atoms with Crippen LogP contribution < -0.4 is 15.0 Å². The molecule has 0 aliphatic carbocycles. The largest absolute Gasteiger partial charge is 0.479 e. The number of likely N-dealkylation sites (N-methyl/N-ethyl adjacent to an activating group) is 1. The first-order valence-corrected chi connectivity index (χ1v) is 9.00. The second-order valence-electron chi connectivity index (χ2n) is 6.44. The molecule has 0 fully saturated rings. The lowest BCUT2D eigenvalue weighted by Crippen LogP contribution is -2.42. The molecule has 2 aromatic rings. The van der Waals surface area contributed by atoms with Gasteiger partial charge in [0.15, 0.2) is 11.9 Å². The van der Waals surface area contributed by atoms with Crippen molar-refractivity contribution in [2.24, 2.45) is 0 Å². The molecule has 1 N–H and O–H groups in total. The molecule has 0 bridgehead atoms. The second kappa shape index (κ2) is 7.98. The minimum absolute atomic E-state index is 0.0194. The summed E-state index contributed by atoms with van der Waals surface area (Å²) in [6, 6.07) is 8.67. The molecule has 1 aliphatic rings. The van der Waals surface area contributed by atoms with Gasteiger partial charge >= 0.3 is 0 Å². The number of hydrogen-bond acceptors (Lipinski definition) is 4. The topological polar surface area (TPSA) is 75.7 Å². The molecule has 0 saturated carbocycles. The molecule has 28 heavy (non-hydrogen) atoms. The van der Waals surface area contributed by atoms with Crippen LogP contribution in [0.4, 0.5) is 15.8 Å². The van der Waals surface area contributed by atoms with Crippen LogP contribution in [0.1, 0.15) is 30.1 Å². The number of nitrogens with zero attached hydrogens (tertiary/aromatic N) is 1. The summed E-state index contributed by atoms with van der Waals surface area (Å²) < 4.78 is 18.7. The monoisotopic (exact) mass is 404 g/mol. The van der Waals surface area contributed by atoms with Crippen LogP contribution >= 0.6 is 11.6 Å². The Kier molecular flexibility index (Phi) is 5.65. The average Bonchev–Trinajstić information content (AvgIpc) is 2.67. The summed E-state index contributed by atoms with van der Waals surface area (Å²) in [5.41, 5.74) is 1.25. The van der Waals surface area contributed by atoms with Gasteiger partial charge in [0.25, 0.3) is 5.91 Å². The number of amides is 2. The smallest absolute Gasteiger partial charge is 0.267 e. The fourth-order valence-electron chi connectivity index (χ4n) is 2.85. The number of carbonyl (C=O) groups is 3. The Morgan fingerprint density at radius 1 is 1.21 bits per heavy atom. The van der Waals surface area contributed by atoms with E-state index in [1.807, 2.05) is 0 Å². The van der Waals surface area contributed by atoms with Gasteiger partial charge < -0.3 is 15.0 Å². The van der Waals surface area contributed by atoms with Crippen molar-refractivity contribution in [1.29, 1.82) is 0 Å². The lowest BCUT2D eigenvalue weighted by atomic mass is 10.0. The standard InChI is InChI=1S/C20H18ClFN2O4/c1-11-20(27)24(2)16-9-12(3-7-18(16)28-11)17(25)6-8-19(26)23-13-4-5-15(22)14(21)10-13/h3-5,7,9-11H,6,8H2,1-2H3,(H,23,26). The van der Waals surface area contributed by atoms with E-state index in [0.29, 0.717) is 22.7 Å². The SMILES string of the molecule is CC1Oc2ccc(C(=O)CCC(=O)Nc3ccc(F)c(Cl)c3)cc2N(C)C1=O. The van der Waals surface area contributed by atoms with Crippen LogP contribution in [0.5, 0.6) is 5.75 Å². The Morgan fingerprint density at radius 2 is 1.96 bits per heavy atom. The van der Waals surface area contributed by atoms with Crippen molar-refractivity contribution in [3.8, 4) is 5.75 Å². The van der Waals surface area contributed by atoms with E-state index in [-0.39, 0.29) is 29.6 Å². The fraction of sp³-hybridized carbons (Fsp3) is 0.250. The zero-order valence-corrected chi connectivity index (χ0v) is 16.0. The van der Waals surface area contributed by atoms with Crippen LogP contribution in [0.2, 0.25) is 5.02 Å². The first-order valence-electron chi connectivity index (χ1n) is 8.62. The first-order chi connectivity index (χ1) is 13.3. The van der Waals surface area contributed by atoms with E-state index in [2.05, 4.69) is 5.32 Å². The summed E-state index contributed by atoms with van der Waals surface area (Å²) in [4.78, 5) is 38.0. The summed E-state index contributed by atoms with van der Waals surface area (Å²) >= 11 is 5.68. The quantitative estimate of drug-likeness (QED) is 0.768. The maximum atomic E-state index is 13.1. The van der Waals surface area contributed by atoms with Crippen molar-refractivity contribution in [3.63, 3.8) is 0 Å². The molecule has 0 saturated heterocycles. The Balaban J connectivity index is 1.63. The minimum Gasteiger partial charge on any atom is -0.479 e. The maximum absolute atomic E-state index is 13.1. The van der Waals surface area contributed by atoms with E-state index >= 15 is 0 Å². The summed E-state index contributed by atoms with van der Waals surface area (Å²) in [6.07, 6.45) is -0.649. The van der Waals surface area contributed by atoms with Gasteiger partial charge in [0.1, 0.15) is 11.6 Å². The molecule has 8 heteroatoms. The Labute approximate surface area is 166 Å². The third-order valence-electron chi connectivity index (χ3n) is 4.41. The highest BCUT2D eigenvalue weighted by Crippen LogP contribution is 2.34. The number of halogens is 2. The van der Waals surface area contributed by atoms with E-state index < -0.39 is 17.8 Å². The lowest BCUT2D eigenvalue weighted by molar-refractivity contribution is -0.125. The van der Waals surface area contributed by atoms with Crippen molar-refractivity contribution in [3.05, 3.63) is 52.8 Å². The van der Waals surface area contributed by atoms with E-state index in [9.17, 15) is 18.8 Å². The third kappa shape index (κ3) is 4.14. The molecule has 2 amide bonds. The highest BCUT2D eigenvalue weighted by molar-refractivity contribution is 6.31. The summed E-state index contributed by atoms with van der Waals surface area (Å²) in [7, 11) is 1.62. The molecule has 1 atom stereocenters. The predicted octanol–water partition coefficient (Wildman–Crippen LogP) is 3.82. The highest BCUT2D eigenvalue weighted by atomic mass is 35.5. The van der Waals surface area contributed by atoms with Crippen molar-refractivity contribution < 1.29 is 23.5 Å². The zero-order chi connectivity index (χ0) is 20.4. The van der Waals surface area contributed by atoms with Crippen LogP contribution in [0.15, 0.2) is 36.4 Å². The number of anilines is 2. The van der Waals surface area contributed by atoms with Crippen molar-refractivity contribution in [1.82, 2.24) is 0 Å². The molecule has 0 aromatic heterocycles. The molecule has 1 aliphatic heterocycles. The van der Waals surface area contributed by atoms with E-state index in [4.69, 9.17) is 16.3 Å². The number of hydrogen-bond donors (Lipinski definition) is 1. The van der Waals surface area contributed by atoms with E-state index in [1.165, 1.54) is 17.0 Å². The number of benzene rings is 2. The maximum Gasteiger partial charge on any atom is 0.267 e. The molecule has 0 spiro atoms. The van der Waals surface area contributed by atoms with Crippen LogP contribution in [0, 0.1) is 5.82 Å². The molecular weight excluding hydrogens is 387 g/mol. The van der Waals surface area contributed by atoms with Crippen LogP contribution in [0.3, 0.4) is 0 Å². The van der Waals surface area contributed by atoms with Crippen LogP contribution in [-0.2, 0) is 9.59 Å². The van der Waals surface area contributed by atoms with Gasteiger partial charge in [0.05, 0.1) is 10.7 Å². The zero-order valence-electron chi connectivity index (χ0n) is 15.3. The van der Waals surface area contributed by atoms with Crippen molar-refractivity contribution >= 4 is 40.6 Å². The number of carbonyl (C=O) groups excluding carboxylic acids is 3. The first kappa shape index (κ1) is 19.8. The molecule has 1 unspecified atom stereocenters. The van der Waals surface area contributed by atoms with Gasteiger partial charge in [0, 0.05) is 31.1 Å². The molecule has 146 valence electrons. The van der Waals surface area contributed by atoms with Crippen LogP contribution in [-0.4, -0.2) is 30.7 Å². The van der Waals surface area contributed by atoms with Gasteiger partial charge in [0.2, 0.25) is 5.91 Å². The van der Waals surface area contributed by atoms with Crippen molar-refractivity contribution in [2.75, 3.05) is 17.3 Å². The van der Waals surface area contributed by atoms with E-state index in [1.54, 1.807) is 32.2 Å². The normalized spacial score (nSPS) is 15.6. The fourth-order valence-corrected chi connectivity index (χ4v) is 3.03. The average molecular weight is 405 g/mol. The molecule has 3 rings (SSSR count). The number of fused-ring (bicyclic) bond motifs is 1. The van der Waals surface area contributed by atoms with Crippen molar-refractivity contribution in [2.45, 2.75) is 25.9 Å². The molecule has 0 radical (unpaired) electrons. The molecular formula is C20H18ClFN2O4. The van der Waals surface area contributed by atoms with Gasteiger partial charge in [-0.3, -0.25) is 14.4 Å². The molecule has 1 heterocycles. The Bertz CT molecular complexity index is 963. The number of rotatable bonds is 5. The summed E-state index contributed by atoms with van der Waals surface area (Å²) in [5.74, 6) is -0.886. The predicted molar refractivity (Wildman–Crippen MR) is 104 cm³/mol. The number of ether oxygens (including phenoxy) is 1. The van der Waals surface area contributed by atoms with Gasteiger partial charge in [-0.25, -0.2) is 4.39 Å². The molecule has 2 aromatic carbocycles. The Hall–Kier alpha value is -2.93. The number of nitrogens with one attached hydrogen (secondary N) is 1. The lowest BCUT2D eigenvalue weighted by Gasteiger charge is -2.30. The van der Waals surface area contributed by atoms with E-state index in [0.717, 1.165) is 6.07 Å². The van der Waals surface area contributed by atoms with Crippen LogP contribution in [0.25, 0.3) is 0 Å². The van der Waals surface area contributed by atoms with Gasteiger partial charge in [-0.1, -0.05) is 11.6 Å². The summed E-state index contributed by atoms with van der Waals surface area (Å²) in [6.45, 7) is 1.66. The Morgan fingerprint density at radius 3 is 2.68 bits per heavy atom. The number of Topliss-reactive ketones (excluding diaryl/α,β-unsaturated/α-hetero) is 1. The van der Waals surface area contributed by atoms with Gasteiger partial charge in [-0.2, -0.15) is 0 Å². The minimum atomic E-state index is -0.581. The van der Waals surface area contributed by atoms with Gasteiger partial charge in [-0.15, -0.1) is 0 Å².